The fourth-order valence-corrected chi connectivity index (χ4v) is 2.53. The van der Waals surface area contributed by atoms with Crippen LogP contribution in [0.2, 0.25) is 0 Å². The molecule has 26 heavy (non-hydrogen) atoms. The second-order valence-electron chi connectivity index (χ2n) is 6.61. The summed E-state index contributed by atoms with van der Waals surface area (Å²) in [6.07, 6.45) is 3.06. The lowest BCUT2D eigenvalue weighted by Crippen LogP contribution is -2.27. The molecule has 0 aliphatic rings. The molecule has 0 spiro atoms. The predicted octanol–water partition coefficient (Wildman–Crippen LogP) is 4.40. The van der Waals surface area contributed by atoms with Crippen molar-refractivity contribution in [2.24, 2.45) is 5.92 Å². The summed E-state index contributed by atoms with van der Waals surface area (Å²) in [5.41, 5.74) is 0.513. The summed E-state index contributed by atoms with van der Waals surface area (Å²) >= 11 is 0. The zero-order valence-corrected chi connectivity index (χ0v) is 16.4. The molecule has 0 N–H and O–H groups in total. The van der Waals surface area contributed by atoms with Crippen molar-refractivity contribution in [2.45, 2.75) is 65.6 Å². The fraction of sp³-hybridized carbons (Fsp3) is 0.619. The van der Waals surface area contributed by atoms with Gasteiger partial charge in [-0.15, -0.1) is 0 Å². The lowest BCUT2D eigenvalue weighted by Gasteiger charge is -2.19. The molecule has 0 bridgehead atoms. The van der Waals surface area contributed by atoms with Gasteiger partial charge in [0.1, 0.15) is 12.2 Å². The van der Waals surface area contributed by atoms with Crippen LogP contribution in [0.25, 0.3) is 0 Å². The van der Waals surface area contributed by atoms with Crippen LogP contribution >= 0.6 is 0 Å². The van der Waals surface area contributed by atoms with Crippen LogP contribution < -0.4 is 0 Å². The van der Waals surface area contributed by atoms with Crippen molar-refractivity contribution in [3.05, 3.63) is 35.9 Å². The van der Waals surface area contributed by atoms with Crippen LogP contribution in [-0.4, -0.2) is 37.4 Å². The minimum Gasteiger partial charge on any atom is -0.460 e. The van der Waals surface area contributed by atoms with Gasteiger partial charge < -0.3 is 14.2 Å². The quantitative estimate of drug-likeness (QED) is 0.515. The van der Waals surface area contributed by atoms with Crippen LogP contribution in [0.1, 0.15) is 63.7 Å². The minimum absolute atomic E-state index is 0.0387. The van der Waals surface area contributed by atoms with Gasteiger partial charge in [-0.3, -0.25) is 4.79 Å². The topological polar surface area (TPSA) is 61.8 Å². The molecule has 3 atom stereocenters. The first-order valence-corrected chi connectivity index (χ1v) is 9.52. The Hall–Kier alpha value is -1.88. The molecule has 0 aromatic heterocycles. The zero-order valence-electron chi connectivity index (χ0n) is 16.4. The highest BCUT2D eigenvalue weighted by Crippen LogP contribution is 2.15. The molecule has 0 aliphatic heterocycles. The maximum atomic E-state index is 12.1. The van der Waals surface area contributed by atoms with E-state index < -0.39 is 0 Å². The number of hydrogen-bond donors (Lipinski definition) is 0. The average molecular weight is 364 g/mol. The van der Waals surface area contributed by atoms with E-state index in [1.807, 2.05) is 19.9 Å². The Labute approximate surface area is 157 Å². The molecule has 0 saturated heterocycles. The largest absolute Gasteiger partial charge is 0.460 e. The van der Waals surface area contributed by atoms with Gasteiger partial charge in [-0.25, -0.2) is 4.79 Å². The molecule has 0 saturated carbocycles. The maximum Gasteiger partial charge on any atom is 0.338 e. The molecule has 3 unspecified atom stereocenters. The zero-order chi connectivity index (χ0) is 19.4. The normalized spacial score (nSPS) is 14.3. The third-order valence-corrected chi connectivity index (χ3v) is 4.07. The third kappa shape index (κ3) is 8.48. The Morgan fingerprint density at radius 2 is 1.58 bits per heavy atom. The van der Waals surface area contributed by atoms with Crippen LogP contribution in [0, 0.1) is 5.92 Å². The third-order valence-electron chi connectivity index (χ3n) is 4.07. The molecular formula is C21H32O5. The summed E-state index contributed by atoms with van der Waals surface area (Å²) in [5, 5.41) is 0. The number of ether oxygens (including phenoxy) is 3. The summed E-state index contributed by atoms with van der Waals surface area (Å²) in [6, 6.07) is 8.84. The molecule has 0 fully saturated rings. The summed E-state index contributed by atoms with van der Waals surface area (Å²) in [6.45, 7) is 8.24. The Balaban J connectivity index is 2.26. The molecule has 1 aromatic carbocycles. The van der Waals surface area contributed by atoms with Crippen molar-refractivity contribution in [3.8, 4) is 0 Å². The minimum atomic E-state index is -0.376. The first kappa shape index (κ1) is 22.2. The smallest absolute Gasteiger partial charge is 0.338 e. The van der Waals surface area contributed by atoms with Crippen LogP contribution in [-0.2, 0) is 19.0 Å². The van der Waals surface area contributed by atoms with Crippen LogP contribution in [0.15, 0.2) is 30.3 Å². The van der Waals surface area contributed by atoms with Crippen molar-refractivity contribution in [2.75, 3.05) is 13.2 Å². The number of rotatable bonds is 12. The number of hydrogen-bond acceptors (Lipinski definition) is 5. The Kier molecular flexibility index (Phi) is 10.6. The Bertz CT molecular complexity index is 528. The van der Waals surface area contributed by atoms with E-state index in [9.17, 15) is 9.59 Å². The van der Waals surface area contributed by atoms with Gasteiger partial charge in [0.15, 0.2) is 0 Å². The molecule has 5 heteroatoms. The van der Waals surface area contributed by atoms with E-state index in [1.165, 1.54) is 0 Å². The number of benzene rings is 1. The standard InChI is InChI=1S/C21H32O5/c1-5-7-11-18(6-2)20(22)25-16(3)14-24-15-17(4)26-21(23)19-12-9-8-10-13-19/h8-10,12-13,16-18H,5-7,11,14-15H2,1-4H3. The maximum absolute atomic E-state index is 12.1. The van der Waals surface area contributed by atoms with Gasteiger partial charge in [0.25, 0.3) is 0 Å². The van der Waals surface area contributed by atoms with E-state index in [0.717, 1.165) is 25.7 Å². The highest BCUT2D eigenvalue weighted by molar-refractivity contribution is 5.89. The Morgan fingerprint density at radius 3 is 2.15 bits per heavy atom. The van der Waals surface area contributed by atoms with Crippen LogP contribution in [0.3, 0.4) is 0 Å². The van der Waals surface area contributed by atoms with Crippen molar-refractivity contribution in [3.63, 3.8) is 0 Å². The van der Waals surface area contributed by atoms with Gasteiger partial charge in [-0.1, -0.05) is 44.9 Å². The monoisotopic (exact) mass is 364 g/mol. The highest BCUT2D eigenvalue weighted by atomic mass is 16.6. The van der Waals surface area contributed by atoms with E-state index in [0.29, 0.717) is 5.56 Å². The van der Waals surface area contributed by atoms with Crippen molar-refractivity contribution in [1.29, 1.82) is 0 Å². The molecule has 0 aliphatic carbocycles. The van der Waals surface area contributed by atoms with E-state index >= 15 is 0 Å². The SMILES string of the molecule is CCCCC(CC)C(=O)OC(C)COCC(C)OC(=O)c1ccccc1. The molecule has 0 heterocycles. The van der Waals surface area contributed by atoms with Gasteiger partial charge >= 0.3 is 11.9 Å². The van der Waals surface area contributed by atoms with Crippen LogP contribution in [0.5, 0.6) is 0 Å². The van der Waals surface area contributed by atoms with Crippen molar-refractivity contribution < 1.29 is 23.8 Å². The molecule has 146 valence electrons. The Morgan fingerprint density at radius 1 is 0.962 bits per heavy atom. The second-order valence-corrected chi connectivity index (χ2v) is 6.61. The van der Waals surface area contributed by atoms with E-state index in [2.05, 4.69) is 6.92 Å². The summed E-state index contributed by atoms with van der Waals surface area (Å²) in [5.74, 6) is -0.563. The van der Waals surface area contributed by atoms with Gasteiger partial charge in [0, 0.05) is 0 Å². The summed E-state index contributed by atoms with van der Waals surface area (Å²) < 4.78 is 16.3. The van der Waals surface area contributed by atoms with Gasteiger partial charge in [-0.05, 0) is 38.8 Å². The number of carbonyl (C=O) groups is 2. The fourth-order valence-electron chi connectivity index (χ4n) is 2.53. The second kappa shape index (κ2) is 12.5. The molecule has 0 amide bonds. The lowest BCUT2D eigenvalue weighted by molar-refractivity contribution is -0.156. The first-order valence-electron chi connectivity index (χ1n) is 9.52. The molecular weight excluding hydrogens is 332 g/mol. The molecule has 0 radical (unpaired) electrons. The predicted molar refractivity (Wildman–Crippen MR) is 101 cm³/mol. The highest BCUT2D eigenvalue weighted by Gasteiger charge is 2.20. The van der Waals surface area contributed by atoms with Crippen molar-refractivity contribution in [1.82, 2.24) is 0 Å². The summed E-state index contributed by atoms with van der Waals surface area (Å²) in [7, 11) is 0. The van der Waals surface area contributed by atoms with Gasteiger partial charge in [0.05, 0.1) is 24.7 Å². The van der Waals surface area contributed by atoms with Gasteiger partial charge in [-0.2, -0.15) is 0 Å². The van der Waals surface area contributed by atoms with Gasteiger partial charge in [0.2, 0.25) is 0 Å². The van der Waals surface area contributed by atoms with E-state index in [4.69, 9.17) is 14.2 Å². The summed E-state index contributed by atoms with van der Waals surface area (Å²) in [4.78, 5) is 24.1. The molecule has 1 rings (SSSR count). The molecule has 5 nitrogen and oxygen atoms in total. The van der Waals surface area contributed by atoms with Crippen molar-refractivity contribution >= 4 is 11.9 Å². The lowest BCUT2D eigenvalue weighted by atomic mass is 10.00. The van der Waals surface area contributed by atoms with E-state index in [1.54, 1.807) is 31.2 Å². The average Bonchev–Trinajstić information content (AvgIpc) is 2.63. The number of esters is 2. The first-order chi connectivity index (χ1) is 12.5. The molecule has 1 aromatic rings. The van der Waals surface area contributed by atoms with Crippen LogP contribution in [0.4, 0.5) is 0 Å². The number of unbranched alkanes of at least 4 members (excludes halogenated alkanes) is 1. The number of carbonyl (C=O) groups excluding carboxylic acids is 2. The van der Waals surface area contributed by atoms with E-state index in [-0.39, 0.29) is 43.3 Å².